The molecule has 8 heteroatoms. The molecule has 8 nitrogen and oxygen atoms in total. The number of carbonyl (C=O) groups is 1. The Hall–Kier alpha value is -3.16. The van der Waals surface area contributed by atoms with Crippen molar-refractivity contribution in [2.75, 3.05) is 14.1 Å². The molecule has 0 radical (unpaired) electrons. The van der Waals surface area contributed by atoms with E-state index in [1.54, 1.807) is 18.2 Å². The second-order valence-electron chi connectivity index (χ2n) is 5.15. The van der Waals surface area contributed by atoms with Crippen LogP contribution in [0.5, 0.6) is 0 Å². The van der Waals surface area contributed by atoms with Crippen LogP contribution >= 0.6 is 0 Å². The van der Waals surface area contributed by atoms with Crippen LogP contribution in [0.2, 0.25) is 0 Å². The number of carboxylic acid groups (broad SMARTS) is 1. The van der Waals surface area contributed by atoms with E-state index in [-0.39, 0.29) is 5.69 Å². The zero-order valence-corrected chi connectivity index (χ0v) is 13.6. The molecule has 0 unspecified atom stereocenters. The van der Waals surface area contributed by atoms with Crippen molar-refractivity contribution in [1.29, 1.82) is 0 Å². The van der Waals surface area contributed by atoms with E-state index in [1.165, 1.54) is 32.5 Å². The summed E-state index contributed by atoms with van der Waals surface area (Å²) in [4.78, 5) is 32.5. The van der Waals surface area contributed by atoms with Crippen molar-refractivity contribution in [3.8, 4) is 0 Å². The van der Waals surface area contributed by atoms with Gasteiger partial charge in [0.1, 0.15) is 0 Å². The largest absolute Gasteiger partial charge is 0.465 e. The molecule has 0 aliphatic carbocycles. The van der Waals surface area contributed by atoms with Crippen molar-refractivity contribution in [2.24, 2.45) is 0 Å². The van der Waals surface area contributed by atoms with Gasteiger partial charge in [-0.05, 0) is 24.1 Å². The fourth-order valence-corrected chi connectivity index (χ4v) is 1.73. The quantitative estimate of drug-likeness (QED) is 0.682. The molecule has 0 fully saturated rings. The second kappa shape index (κ2) is 8.47. The molecule has 1 N–H and O–H groups in total. The number of nitro benzene ring substituents is 1. The van der Waals surface area contributed by atoms with E-state index < -0.39 is 16.6 Å². The average molecular weight is 334 g/mol. The molecule has 2 rings (SSSR count). The molecule has 2 aromatic rings. The zero-order chi connectivity index (χ0) is 18.3. The fraction of sp³-hybridized carbons (Fsp3) is 0.250. The molecule has 0 saturated carbocycles. The molecule has 24 heavy (non-hydrogen) atoms. The lowest BCUT2D eigenvalue weighted by Crippen LogP contribution is -2.18. The normalized spacial score (nSPS) is 9.62. The molecule has 1 aromatic heterocycles. The smallest absolute Gasteiger partial charge is 0.406 e. The van der Waals surface area contributed by atoms with E-state index in [0.29, 0.717) is 17.5 Å². The molecule has 128 valence electrons. The molecule has 1 heterocycles. The third kappa shape index (κ3) is 5.56. The Bertz CT molecular complexity index is 782. The van der Waals surface area contributed by atoms with Crippen LogP contribution in [0.3, 0.4) is 0 Å². The number of hydrogen-bond acceptors (Lipinski definition) is 5. The average Bonchev–Trinajstić information content (AvgIpc) is 2.52. The van der Waals surface area contributed by atoms with Crippen molar-refractivity contribution in [3.63, 3.8) is 0 Å². The Morgan fingerprint density at radius 3 is 2.46 bits per heavy atom. The van der Waals surface area contributed by atoms with Gasteiger partial charge in [-0.15, -0.1) is 0 Å². The molecule has 1 amide bonds. The minimum absolute atomic E-state index is 0.0190. The number of nitro groups is 1. The lowest BCUT2D eigenvalue weighted by Gasteiger charge is -2.03. The Morgan fingerprint density at radius 1 is 1.33 bits per heavy atom. The molecule has 0 atom stereocenters. The van der Waals surface area contributed by atoms with Gasteiger partial charge in [0.2, 0.25) is 0 Å². The summed E-state index contributed by atoms with van der Waals surface area (Å²) in [5.41, 5.74) is 1.67. The van der Waals surface area contributed by atoms with Gasteiger partial charge in [-0.3, -0.25) is 10.1 Å². The first-order valence-electron chi connectivity index (χ1n) is 6.93. The van der Waals surface area contributed by atoms with E-state index in [2.05, 4.69) is 0 Å². The molecule has 0 aliphatic heterocycles. The lowest BCUT2D eigenvalue weighted by molar-refractivity contribution is -0.384. The lowest BCUT2D eigenvalue weighted by atomic mass is 10.0. The highest BCUT2D eigenvalue weighted by molar-refractivity contribution is 5.63. The molecule has 1 aromatic carbocycles. The molecule has 0 saturated heterocycles. The highest BCUT2D eigenvalue weighted by Crippen LogP contribution is 2.16. The molecular weight excluding hydrogens is 316 g/mol. The van der Waals surface area contributed by atoms with E-state index in [1.807, 2.05) is 6.92 Å². The summed E-state index contributed by atoms with van der Waals surface area (Å²) in [5, 5.41) is 18.6. The minimum atomic E-state index is -0.907. The molecule has 0 bridgehead atoms. The summed E-state index contributed by atoms with van der Waals surface area (Å²) in [6.07, 6.45) is 0.765. The summed E-state index contributed by atoms with van der Waals surface area (Å²) in [7, 11) is 2.95. The summed E-state index contributed by atoms with van der Waals surface area (Å²) < 4.78 is 4.80. The monoisotopic (exact) mass is 334 g/mol. The van der Waals surface area contributed by atoms with E-state index >= 15 is 0 Å². The van der Waals surface area contributed by atoms with Gasteiger partial charge < -0.3 is 14.4 Å². The van der Waals surface area contributed by atoms with Gasteiger partial charge in [-0.2, -0.15) is 0 Å². The van der Waals surface area contributed by atoms with Gasteiger partial charge >= 0.3 is 11.7 Å². The number of amides is 1. The van der Waals surface area contributed by atoms with Crippen LogP contribution in [-0.2, 0) is 6.42 Å². The third-order valence-electron chi connectivity index (χ3n) is 3.10. The van der Waals surface area contributed by atoms with E-state index in [9.17, 15) is 19.7 Å². The van der Waals surface area contributed by atoms with Gasteiger partial charge in [0.15, 0.2) is 0 Å². The van der Waals surface area contributed by atoms with Crippen LogP contribution < -0.4 is 5.63 Å². The minimum Gasteiger partial charge on any atom is -0.465 e. The van der Waals surface area contributed by atoms with Crippen molar-refractivity contribution in [1.82, 2.24) is 4.90 Å². The van der Waals surface area contributed by atoms with Gasteiger partial charge in [0.25, 0.3) is 5.69 Å². The molecule has 0 aliphatic rings. The maximum atomic E-state index is 11.6. The van der Waals surface area contributed by atoms with Crippen molar-refractivity contribution >= 4 is 11.8 Å². The van der Waals surface area contributed by atoms with Crippen molar-refractivity contribution in [2.45, 2.75) is 13.3 Å². The predicted octanol–water partition coefficient (Wildman–Crippen LogP) is 2.67. The molecule has 0 spiro atoms. The fourth-order valence-electron chi connectivity index (χ4n) is 1.73. The Morgan fingerprint density at radius 2 is 1.96 bits per heavy atom. The molecular formula is C16H18N2O6. The first kappa shape index (κ1) is 18.9. The van der Waals surface area contributed by atoms with Crippen LogP contribution in [0.15, 0.2) is 45.8 Å². The number of benzene rings is 1. The van der Waals surface area contributed by atoms with Crippen LogP contribution in [0, 0.1) is 17.0 Å². The number of aryl methyl sites for hydroxylation is 1. The van der Waals surface area contributed by atoms with Crippen LogP contribution in [0.1, 0.15) is 16.7 Å². The summed E-state index contributed by atoms with van der Waals surface area (Å²) in [6.45, 7) is 1.81. The standard InChI is InChI=1S/C13H11NO4.C3H7NO2/c1-9-5-6-18-13(15)12(9)8-10-3-2-4-11(7-10)14(16)17;1-4(2)3(5)6/h2-7H,8H2,1H3;1-2H3,(H,5,6). The van der Waals surface area contributed by atoms with Gasteiger partial charge in [0, 0.05) is 38.2 Å². The Balaban J connectivity index is 0.000000413. The third-order valence-corrected chi connectivity index (χ3v) is 3.10. The van der Waals surface area contributed by atoms with Crippen LogP contribution in [0.4, 0.5) is 10.5 Å². The Kier molecular flexibility index (Phi) is 6.66. The summed E-state index contributed by atoms with van der Waals surface area (Å²) in [6, 6.07) is 7.94. The van der Waals surface area contributed by atoms with Gasteiger partial charge in [0.05, 0.1) is 11.2 Å². The number of nitrogens with zero attached hydrogens (tertiary/aromatic N) is 2. The highest BCUT2D eigenvalue weighted by Gasteiger charge is 2.10. The first-order valence-corrected chi connectivity index (χ1v) is 6.93. The maximum absolute atomic E-state index is 11.6. The van der Waals surface area contributed by atoms with Gasteiger partial charge in [-0.1, -0.05) is 12.1 Å². The second-order valence-corrected chi connectivity index (χ2v) is 5.15. The highest BCUT2D eigenvalue weighted by atomic mass is 16.6. The van der Waals surface area contributed by atoms with E-state index in [0.717, 1.165) is 10.5 Å². The number of hydrogen-bond donors (Lipinski definition) is 1. The number of rotatable bonds is 3. The maximum Gasteiger partial charge on any atom is 0.406 e. The predicted molar refractivity (Wildman–Crippen MR) is 87.3 cm³/mol. The van der Waals surface area contributed by atoms with Gasteiger partial charge in [-0.25, -0.2) is 9.59 Å². The Labute approximate surface area is 138 Å². The van der Waals surface area contributed by atoms with E-state index in [4.69, 9.17) is 9.52 Å². The number of non-ortho nitro benzene ring substituents is 1. The first-order chi connectivity index (χ1) is 11.2. The van der Waals surface area contributed by atoms with Crippen LogP contribution in [-0.4, -0.2) is 35.1 Å². The summed E-state index contributed by atoms with van der Waals surface area (Å²) >= 11 is 0. The zero-order valence-electron chi connectivity index (χ0n) is 13.6. The van der Waals surface area contributed by atoms with Crippen molar-refractivity contribution < 1.29 is 19.2 Å². The SMILES string of the molecule is CN(C)C(=O)O.Cc1ccoc(=O)c1Cc1cccc([N+](=O)[O-])c1. The topological polar surface area (TPSA) is 114 Å². The van der Waals surface area contributed by atoms with Crippen molar-refractivity contribution in [3.05, 3.63) is 73.8 Å². The summed E-state index contributed by atoms with van der Waals surface area (Å²) in [5.74, 6) is 0. The van der Waals surface area contributed by atoms with Crippen LogP contribution in [0.25, 0.3) is 0 Å².